The Balaban J connectivity index is 1.65. The first kappa shape index (κ1) is 18.7. The summed E-state index contributed by atoms with van der Waals surface area (Å²) in [5.74, 6) is 0.853. The minimum Gasteiger partial charge on any atom is -0.489 e. The van der Waals surface area contributed by atoms with Crippen molar-refractivity contribution < 1.29 is 9.53 Å². The zero-order valence-electron chi connectivity index (χ0n) is 14.2. The molecule has 4 nitrogen and oxygen atoms in total. The number of aromatic nitrogens is 1. The molecule has 0 spiro atoms. The van der Waals surface area contributed by atoms with Gasteiger partial charge in [0, 0.05) is 11.8 Å². The molecule has 2 heterocycles. The molecule has 134 valence electrons. The number of thiophene rings is 1. The molecule has 1 aromatic carbocycles. The number of nitrogens with zero attached hydrogens (tertiary/aromatic N) is 1. The molecule has 0 radical (unpaired) electrons. The van der Waals surface area contributed by atoms with Crippen LogP contribution < -0.4 is 10.1 Å². The van der Waals surface area contributed by atoms with Crippen molar-refractivity contribution in [2.75, 3.05) is 5.32 Å². The molecular formula is C19H16Cl2N2O2S. The van der Waals surface area contributed by atoms with Crippen molar-refractivity contribution in [3.05, 3.63) is 73.5 Å². The van der Waals surface area contributed by atoms with Crippen LogP contribution in [0.25, 0.3) is 0 Å². The third-order valence-electron chi connectivity index (χ3n) is 3.87. The maximum atomic E-state index is 12.4. The van der Waals surface area contributed by atoms with E-state index in [4.69, 9.17) is 27.9 Å². The summed E-state index contributed by atoms with van der Waals surface area (Å²) >= 11 is 13.2. The summed E-state index contributed by atoms with van der Waals surface area (Å²) in [7, 11) is 0. The van der Waals surface area contributed by atoms with E-state index >= 15 is 0 Å². The van der Waals surface area contributed by atoms with Crippen molar-refractivity contribution in [2.45, 2.75) is 20.5 Å². The van der Waals surface area contributed by atoms with Crippen LogP contribution in [0.15, 0.2) is 41.9 Å². The third kappa shape index (κ3) is 4.36. The molecule has 3 aromatic rings. The fourth-order valence-corrected chi connectivity index (χ4v) is 3.51. The van der Waals surface area contributed by atoms with Crippen LogP contribution in [0.3, 0.4) is 0 Å². The number of anilines is 1. The molecule has 26 heavy (non-hydrogen) atoms. The zero-order chi connectivity index (χ0) is 18.7. The van der Waals surface area contributed by atoms with E-state index in [1.165, 1.54) is 29.2 Å². The van der Waals surface area contributed by atoms with E-state index in [1.807, 2.05) is 37.4 Å². The summed E-state index contributed by atoms with van der Waals surface area (Å²) in [6.45, 7) is 4.47. The monoisotopic (exact) mass is 406 g/mol. The minimum absolute atomic E-state index is 0.273. The second kappa shape index (κ2) is 8.08. The Bertz CT molecular complexity index is 956. The van der Waals surface area contributed by atoms with Crippen LogP contribution in [-0.2, 0) is 6.61 Å². The average Bonchev–Trinajstić information content (AvgIpc) is 3.08. The van der Waals surface area contributed by atoms with Crippen LogP contribution >= 0.6 is 34.5 Å². The molecule has 0 fully saturated rings. The third-order valence-corrected chi connectivity index (χ3v) is 5.34. The largest absolute Gasteiger partial charge is 0.489 e. The van der Waals surface area contributed by atoms with Crippen LogP contribution in [0.2, 0.25) is 10.0 Å². The summed E-state index contributed by atoms with van der Waals surface area (Å²) in [6.07, 6.45) is 1.43. The number of amides is 1. The summed E-state index contributed by atoms with van der Waals surface area (Å²) in [5.41, 5.74) is 3.22. The first-order valence-corrected chi connectivity index (χ1v) is 9.46. The number of aryl methyl sites for hydroxylation is 1. The Morgan fingerprint density at radius 3 is 2.85 bits per heavy atom. The van der Waals surface area contributed by atoms with Crippen molar-refractivity contribution in [2.24, 2.45) is 0 Å². The van der Waals surface area contributed by atoms with Gasteiger partial charge in [-0.05, 0) is 48.6 Å². The number of ether oxygens (including phenoxy) is 1. The van der Waals surface area contributed by atoms with Crippen molar-refractivity contribution in [3.63, 3.8) is 0 Å². The van der Waals surface area contributed by atoms with Crippen LogP contribution in [0.1, 0.15) is 26.4 Å². The predicted octanol–water partition coefficient (Wildman–Crippen LogP) is 5.90. The molecule has 0 aliphatic rings. The highest BCUT2D eigenvalue weighted by atomic mass is 35.5. The molecule has 1 N–H and O–H groups in total. The van der Waals surface area contributed by atoms with Crippen molar-refractivity contribution >= 4 is 46.3 Å². The molecule has 3 rings (SSSR count). The first-order chi connectivity index (χ1) is 12.4. The highest BCUT2D eigenvalue weighted by molar-refractivity contribution is 7.12. The number of rotatable bonds is 5. The molecule has 0 saturated heterocycles. The van der Waals surface area contributed by atoms with E-state index in [1.54, 1.807) is 6.07 Å². The normalized spacial score (nSPS) is 10.6. The van der Waals surface area contributed by atoms with Gasteiger partial charge in [-0.1, -0.05) is 35.3 Å². The smallest absolute Gasteiger partial charge is 0.266 e. The second-order valence-corrected chi connectivity index (χ2v) is 7.50. The fraction of sp³-hybridized carbons (Fsp3) is 0.158. The van der Waals surface area contributed by atoms with Gasteiger partial charge in [0.15, 0.2) is 5.82 Å². The number of carbonyl (C=O) groups excluding carboxylic acids is 1. The number of pyridine rings is 1. The van der Waals surface area contributed by atoms with E-state index in [2.05, 4.69) is 10.3 Å². The molecule has 2 aromatic heterocycles. The molecular weight excluding hydrogens is 391 g/mol. The van der Waals surface area contributed by atoms with Gasteiger partial charge in [-0.2, -0.15) is 0 Å². The molecule has 0 unspecified atom stereocenters. The van der Waals surface area contributed by atoms with Gasteiger partial charge in [0.25, 0.3) is 5.91 Å². The Kier molecular flexibility index (Phi) is 5.81. The topological polar surface area (TPSA) is 51.2 Å². The van der Waals surface area contributed by atoms with Gasteiger partial charge < -0.3 is 10.1 Å². The fourth-order valence-electron chi connectivity index (χ4n) is 2.29. The van der Waals surface area contributed by atoms with Crippen molar-refractivity contribution in [1.29, 1.82) is 0 Å². The van der Waals surface area contributed by atoms with Crippen molar-refractivity contribution in [1.82, 2.24) is 4.98 Å². The Morgan fingerprint density at radius 2 is 2.08 bits per heavy atom. The lowest BCUT2D eigenvalue weighted by Gasteiger charge is -2.09. The lowest BCUT2D eigenvalue weighted by molar-refractivity contribution is 0.103. The van der Waals surface area contributed by atoms with E-state index in [0.29, 0.717) is 21.5 Å². The van der Waals surface area contributed by atoms with Gasteiger partial charge >= 0.3 is 0 Å². The molecule has 0 atom stereocenters. The molecule has 0 bridgehead atoms. The standard InChI is InChI=1S/C19H16Cl2N2O2S/c1-11-4-3-5-16(12(11)2)25-9-13-6-17(26-10-13)19(24)23-18-15(21)7-14(20)8-22-18/h3-8,10H,9H2,1-2H3,(H,22,23,24). The van der Waals surface area contributed by atoms with Crippen LogP contribution in [0, 0.1) is 13.8 Å². The number of hydrogen-bond donors (Lipinski definition) is 1. The molecule has 0 saturated carbocycles. The number of nitrogens with one attached hydrogen (secondary N) is 1. The molecule has 0 aliphatic heterocycles. The van der Waals surface area contributed by atoms with Crippen LogP contribution in [-0.4, -0.2) is 10.9 Å². The summed E-state index contributed by atoms with van der Waals surface area (Å²) in [6, 6.07) is 9.28. The molecule has 7 heteroatoms. The van der Waals surface area contributed by atoms with E-state index in [0.717, 1.165) is 16.9 Å². The predicted molar refractivity (Wildman–Crippen MR) is 107 cm³/mol. The van der Waals surface area contributed by atoms with Crippen molar-refractivity contribution in [3.8, 4) is 5.75 Å². The number of hydrogen-bond acceptors (Lipinski definition) is 4. The minimum atomic E-state index is -0.273. The highest BCUT2D eigenvalue weighted by Gasteiger charge is 2.13. The lowest BCUT2D eigenvalue weighted by Crippen LogP contribution is -2.11. The molecule has 1 amide bonds. The summed E-state index contributed by atoms with van der Waals surface area (Å²) in [5, 5.41) is 5.29. The van der Waals surface area contributed by atoms with Gasteiger partial charge in [-0.25, -0.2) is 4.98 Å². The quantitative estimate of drug-likeness (QED) is 0.573. The Morgan fingerprint density at radius 1 is 1.27 bits per heavy atom. The van der Waals surface area contributed by atoms with Gasteiger partial charge in [0.05, 0.1) is 14.9 Å². The number of carbonyl (C=O) groups is 1. The summed E-state index contributed by atoms with van der Waals surface area (Å²) in [4.78, 5) is 16.9. The Hall–Kier alpha value is -2.08. The van der Waals surface area contributed by atoms with Gasteiger partial charge in [0.1, 0.15) is 12.4 Å². The molecule has 0 aliphatic carbocycles. The van der Waals surface area contributed by atoms with Gasteiger partial charge in [-0.3, -0.25) is 4.79 Å². The average molecular weight is 407 g/mol. The SMILES string of the molecule is Cc1cccc(OCc2csc(C(=O)Nc3ncc(Cl)cc3Cl)c2)c1C. The van der Waals surface area contributed by atoms with Crippen LogP contribution in [0.4, 0.5) is 5.82 Å². The van der Waals surface area contributed by atoms with Crippen LogP contribution in [0.5, 0.6) is 5.75 Å². The maximum Gasteiger partial charge on any atom is 0.266 e. The van der Waals surface area contributed by atoms with E-state index in [9.17, 15) is 4.79 Å². The number of benzene rings is 1. The number of halogens is 2. The lowest BCUT2D eigenvalue weighted by atomic mass is 10.1. The second-order valence-electron chi connectivity index (χ2n) is 5.74. The van der Waals surface area contributed by atoms with Gasteiger partial charge in [0.2, 0.25) is 0 Å². The summed E-state index contributed by atoms with van der Waals surface area (Å²) < 4.78 is 5.87. The maximum absolute atomic E-state index is 12.4. The zero-order valence-corrected chi connectivity index (χ0v) is 16.5. The first-order valence-electron chi connectivity index (χ1n) is 7.83. The van der Waals surface area contributed by atoms with Gasteiger partial charge in [-0.15, -0.1) is 11.3 Å². The van der Waals surface area contributed by atoms with E-state index in [-0.39, 0.29) is 11.7 Å². The van der Waals surface area contributed by atoms with E-state index < -0.39 is 0 Å². The Labute approximate surface area is 165 Å². The highest BCUT2D eigenvalue weighted by Crippen LogP contribution is 2.25.